The van der Waals surface area contributed by atoms with Crippen molar-refractivity contribution in [1.29, 1.82) is 0 Å². The number of halogens is 1. The van der Waals surface area contributed by atoms with E-state index in [-0.39, 0.29) is 5.02 Å². The number of ether oxygens (including phenoxy) is 1. The summed E-state index contributed by atoms with van der Waals surface area (Å²) in [4.78, 5) is 11.4. The molecule has 0 spiro atoms. The summed E-state index contributed by atoms with van der Waals surface area (Å²) < 4.78 is 5.86. The Labute approximate surface area is 149 Å². The average molecular weight is 355 g/mol. The minimum Gasteiger partial charge on any atom is -0.488 e. The van der Waals surface area contributed by atoms with Crippen LogP contribution in [0.3, 0.4) is 0 Å². The van der Waals surface area contributed by atoms with E-state index in [1.807, 2.05) is 54.6 Å². The van der Waals surface area contributed by atoms with Crippen molar-refractivity contribution >= 4 is 23.5 Å². The third kappa shape index (κ3) is 4.45. The Morgan fingerprint density at radius 3 is 2.76 bits per heavy atom. The number of nitrogens with one attached hydrogen (secondary N) is 2. The molecule has 0 amide bonds. The monoisotopic (exact) mass is 354 g/mol. The SMILES string of the molecule is O=c1[nH]ncc(N/N=C\c2ccccc2OCc2ccccc2)c1Cl. The van der Waals surface area contributed by atoms with E-state index in [2.05, 4.69) is 20.7 Å². The molecule has 1 aromatic heterocycles. The van der Waals surface area contributed by atoms with Gasteiger partial charge in [0.1, 0.15) is 23.1 Å². The fourth-order valence-electron chi connectivity index (χ4n) is 2.09. The number of aromatic nitrogens is 2. The molecular weight excluding hydrogens is 340 g/mol. The first-order chi connectivity index (χ1) is 12.2. The van der Waals surface area contributed by atoms with Crippen LogP contribution in [0.4, 0.5) is 5.69 Å². The van der Waals surface area contributed by atoms with Crippen LogP contribution < -0.4 is 15.7 Å². The third-order valence-electron chi connectivity index (χ3n) is 3.34. The minimum atomic E-state index is -0.478. The number of aromatic amines is 1. The second-order valence-corrected chi connectivity index (χ2v) is 5.49. The second-order valence-electron chi connectivity index (χ2n) is 5.11. The molecule has 0 bridgehead atoms. The van der Waals surface area contributed by atoms with Crippen molar-refractivity contribution < 1.29 is 4.74 Å². The Bertz CT molecular complexity index is 926. The van der Waals surface area contributed by atoms with E-state index >= 15 is 0 Å². The maximum atomic E-state index is 11.4. The molecule has 0 saturated heterocycles. The first-order valence-corrected chi connectivity index (χ1v) is 7.90. The fourth-order valence-corrected chi connectivity index (χ4v) is 2.22. The van der Waals surface area contributed by atoms with E-state index in [0.29, 0.717) is 18.0 Å². The molecule has 0 aliphatic heterocycles. The molecule has 0 unspecified atom stereocenters. The fraction of sp³-hybridized carbons (Fsp3) is 0.0556. The van der Waals surface area contributed by atoms with Crippen molar-refractivity contribution in [2.75, 3.05) is 5.43 Å². The number of hydrazone groups is 1. The van der Waals surface area contributed by atoms with Gasteiger partial charge in [0, 0.05) is 5.56 Å². The van der Waals surface area contributed by atoms with Crippen molar-refractivity contribution in [3.05, 3.63) is 87.3 Å². The number of H-pyrrole nitrogens is 1. The van der Waals surface area contributed by atoms with E-state index in [9.17, 15) is 4.79 Å². The van der Waals surface area contributed by atoms with Crippen LogP contribution in [0.2, 0.25) is 5.02 Å². The summed E-state index contributed by atoms with van der Waals surface area (Å²) >= 11 is 5.88. The predicted octanol–water partition coefficient (Wildman–Crippen LogP) is 3.45. The van der Waals surface area contributed by atoms with Crippen LogP contribution in [-0.2, 0) is 6.61 Å². The van der Waals surface area contributed by atoms with Gasteiger partial charge in [-0.1, -0.05) is 54.1 Å². The standard InChI is InChI=1S/C18H15ClN4O2/c19-17-15(11-21-23-18(17)24)22-20-10-14-8-4-5-9-16(14)25-12-13-6-2-1-3-7-13/h1-11H,12H2,(H2,22,23,24)/b20-10-. The van der Waals surface area contributed by atoms with E-state index in [0.717, 1.165) is 11.1 Å². The molecule has 6 nitrogen and oxygen atoms in total. The van der Waals surface area contributed by atoms with E-state index in [1.165, 1.54) is 6.20 Å². The van der Waals surface area contributed by atoms with Gasteiger partial charge in [0.2, 0.25) is 0 Å². The molecule has 3 rings (SSSR count). The molecule has 2 N–H and O–H groups in total. The maximum absolute atomic E-state index is 11.4. The molecular formula is C18H15ClN4O2. The molecule has 0 aliphatic rings. The third-order valence-corrected chi connectivity index (χ3v) is 3.72. The van der Waals surface area contributed by atoms with Crippen molar-refractivity contribution in [3.8, 4) is 5.75 Å². The van der Waals surface area contributed by atoms with Crippen LogP contribution >= 0.6 is 11.6 Å². The van der Waals surface area contributed by atoms with Gasteiger partial charge in [-0.15, -0.1) is 0 Å². The molecule has 0 atom stereocenters. The van der Waals surface area contributed by atoms with Gasteiger partial charge in [0.25, 0.3) is 5.56 Å². The molecule has 25 heavy (non-hydrogen) atoms. The minimum absolute atomic E-state index is 0.000706. The normalized spacial score (nSPS) is 10.8. The van der Waals surface area contributed by atoms with Gasteiger partial charge >= 0.3 is 0 Å². The van der Waals surface area contributed by atoms with Crippen molar-refractivity contribution in [2.24, 2.45) is 5.10 Å². The lowest BCUT2D eigenvalue weighted by molar-refractivity contribution is 0.306. The highest BCUT2D eigenvalue weighted by Crippen LogP contribution is 2.18. The Balaban J connectivity index is 1.70. The lowest BCUT2D eigenvalue weighted by atomic mass is 10.2. The number of anilines is 1. The van der Waals surface area contributed by atoms with E-state index in [4.69, 9.17) is 16.3 Å². The van der Waals surface area contributed by atoms with Gasteiger partial charge in [0.15, 0.2) is 0 Å². The highest BCUT2D eigenvalue weighted by molar-refractivity contribution is 6.32. The smallest absolute Gasteiger partial charge is 0.285 e. The maximum Gasteiger partial charge on any atom is 0.285 e. The summed E-state index contributed by atoms with van der Waals surface area (Å²) in [6.07, 6.45) is 2.98. The van der Waals surface area contributed by atoms with Crippen molar-refractivity contribution in [2.45, 2.75) is 6.61 Å². The molecule has 3 aromatic rings. The van der Waals surface area contributed by atoms with Crippen LogP contribution in [0.1, 0.15) is 11.1 Å². The van der Waals surface area contributed by atoms with Gasteiger partial charge in [-0.05, 0) is 17.7 Å². The van der Waals surface area contributed by atoms with Crippen LogP contribution in [0.15, 0.2) is 70.7 Å². The average Bonchev–Trinajstić information content (AvgIpc) is 2.65. The summed E-state index contributed by atoms with van der Waals surface area (Å²) in [6.45, 7) is 0.461. The molecule has 0 saturated carbocycles. The lowest BCUT2D eigenvalue weighted by Crippen LogP contribution is -2.10. The van der Waals surface area contributed by atoms with Gasteiger partial charge in [-0.3, -0.25) is 10.2 Å². The topological polar surface area (TPSA) is 79.4 Å². The summed E-state index contributed by atoms with van der Waals surface area (Å²) in [7, 11) is 0. The molecule has 1 heterocycles. The Morgan fingerprint density at radius 1 is 1.16 bits per heavy atom. The second kappa shape index (κ2) is 8.12. The number of rotatable bonds is 6. The zero-order valence-corrected chi connectivity index (χ0v) is 13.9. The first-order valence-electron chi connectivity index (χ1n) is 7.52. The van der Waals surface area contributed by atoms with Crippen LogP contribution in [0.25, 0.3) is 0 Å². The Kier molecular flexibility index (Phi) is 5.43. The Morgan fingerprint density at radius 2 is 1.92 bits per heavy atom. The van der Waals surface area contributed by atoms with Gasteiger partial charge in [-0.2, -0.15) is 10.2 Å². The van der Waals surface area contributed by atoms with Crippen molar-refractivity contribution in [1.82, 2.24) is 10.2 Å². The highest BCUT2D eigenvalue weighted by atomic mass is 35.5. The lowest BCUT2D eigenvalue weighted by Gasteiger charge is -2.09. The molecule has 0 radical (unpaired) electrons. The van der Waals surface area contributed by atoms with Gasteiger partial charge in [0.05, 0.1) is 12.4 Å². The zero-order valence-electron chi connectivity index (χ0n) is 13.1. The summed E-state index contributed by atoms with van der Waals surface area (Å²) in [5.74, 6) is 0.701. The predicted molar refractivity (Wildman–Crippen MR) is 98.3 cm³/mol. The van der Waals surface area contributed by atoms with Gasteiger partial charge in [-0.25, -0.2) is 5.10 Å². The van der Waals surface area contributed by atoms with Crippen LogP contribution in [-0.4, -0.2) is 16.4 Å². The van der Waals surface area contributed by atoms with E-state index < -0.39 is 5.56 Å². The van der Waals surface area contributed by atoms with Crippen molar-refractivity contribution in [3.63, 3.8) is 0 Å². The number of benzene rings is 2. The van der Waals surface area contributed by atoms with Crippen LogP contribution in [0.5, 0.6) is 5.75 Å². The van der Waals surface area contributed by atoms with Crippen LogP contribution in [0, 0.1) is 0 Å². The zero-order chi connectivity index (χ0) is 17.5. The van der Waals surface area contributed by atoms with E-state index in [1.54, 1.807) is 6.21 Å². The molecule has 126 valence electrons. The summed E-state index contributed by atoms with van der Waals surface area (Å²) in [5.41, 5.74) is 4.42. The largest absolute Gasteiger partial charge is 0.488 e. The molecule has 0 aliphatic carbocycles. The molecule has 0 fully saturated rings. The number of para-hydroxylation sites is 1. The summed E-state index contributed by atoms with van der Waals surface area (Å²) in [5, 5.41) is 10.0. The van der Waals surface area contributed by atoms with Gasteiger partial charge < -0.3 is 4.74 Å². The quantitative estimate of drug-likeness (QED) is 0.525. The highest BCUT2D eigenvalue weighted by Gasteiger charge is 2.04. The Hall–Kier alpha value is -3.12. The molecule has 2 aromatic carbocycles. The first kappa shape index (κ1) is 16.7. The number of hydrogen-bond donors (Lipinski definition) is 2. The number of nitrogens with zero attached hydrogens (tertiary/aromatic N) is 2. The number of hydrogen-bond acceptors (Lipinski definition) is 5. The molecule has 7 heteroatoms. The summed E-state index contributed by atoms with van der Waals surface area (Å²) in [6, 6.07) is 17.4.